The van der Waals surface area contributed by atoms with E-state index < -0.39 is 327 Å². The number of ether oxygens (including phenoxy) is 9. The van der Waals surface area contributed by atoms with E-state index in [0.717, 1.165) is 131 Å². The van der Waals surface area contributed by atoms with Crippen molar-refractivity contribution in [3.8, 4) is 80.1 Å². The molecule has 7 aromatic carbocycles. The van der Waals surface area contributed by atoms with E-state index >= 15 is 24.0 Å². The Morgan fingerprint density at radius 3 is 1.67 bits per heavy atom. The molecule has 25 N–H and O–H groups in total. The number of unbranched alkanes of at least 4 members (excludes halogenated alkanes) is 8. The lowest BCUT2D eigenvalue weighted by molar-refractivity contribution is -0.284. The van der Waals surface area contributed by atoms with Gasteiger partial charge in [-0.2, -0.15) is 0 Å². The van der Waals surface area contributed by atoms with E-state index in [4.69, 9.17) is 71.6 Å². The number of aliphatic hydroxyl groups is 10. The summed E-state index contributed by atoms with van der Waals surface area (Å²) in [4.78, 5) is 139. The third-order valence-corrected chi connectivity index (χ3v) is 24.6. The lowest BCUT2D eigenvalue weighted by Crippen LogP contribution is -2.65. The van der Waals surface area contributed by atoms with Gasteiger partial charge in [0.25, 0.3) is 0 Å². The predicted octanol–water partition coefficient (Wildman–Crippen LogP) is 1.94. The molecular formula is C90H101Cl2N9O33. The van der Waals surface area contributed by atoms with Gasteiger partial charge in [0.2, 0.25) is 65.6 Å². The van der Waals surface area contributed by atoms with Gasteiger partial charge in [-0.05, 0) is 107 Å². The molecule has 0 spiro atoms. The van der Waals surface area contributed by atoms with E-state index in [1.54, 1.807) is 0 Å². The average Bonchev–Trinajstić information content (AvgIpc) is 0.811. The molecule has 23 atom stereocenters. The number of aliphatic hydroxyl groups excluding tert-OH is 10. The first-order valence-corrected chi connectivity index (χ1v) is 43.9. The zero-order valence-electron chi connectivity index (χ0n) is 71.5. The summed E-state index contributed by atoms with van der Waals surface area (Å²) in [5, 5.41) is 191. The van der Waals surface area contributed by atoms with Gasteiger partial charge in [-0.25, -0.2) is 4.79 Å². The first kappa shape index (κ1) is 98.0. The van der Waals surface area contributed by atoms with Crippen LogP contribution in [0.15, 0.2) is 115 Å². The number of carboxylic acids is 1. The van der Waals surface area contributed by atoms with E-state index in [0.29, 0.717) is 12.8 Å². The Morgan fingerprint density at radius 1 is 0.493 bits per heavy atom. The van der Waals surface area contributed by atoms with Crippen LogP contribution in [0.3, 0.4) is 0 Å². The third kappa shape index (κ3) is 21.3. The van der Waals surface area contributed by atoms with Gasteiger partial charge in [-0.1, -0.05) is 112 Å². The summed E-state index contributed by atoms with van der Waals surface area (Å²) in [5.74, 6) is -19.8. The number of fused-ring (bicyclic) bond motifs is 13. The molecule has 15 bridgehead atoms. The van der Waals surface area contributed by atoms with Crippen molar-refractivity contribution in [2.24, 2.45) is 5.73 Å². The van der Waals surface area contributed by atoms with Gasteiger partial charge < -0.3 is 167 Å². The number of nitrogens with two attached hydrogens (primary N) is 1. The summed E-state index contributed by atoms with van der Waals surface area (Å²) in [5.41, 5.74) is 2.66. The van der Waals surface area contributed by atoms with E-state index in [9.17, 15) is 95.8 Å². The van der Waals surface area contributed by atoms with Crippen LogP contribution in [0.1, 0.15) is 153 Å². The molecule has 9 heterocycles. The Morgan fingerprint density at radius 2 is 1.05 bits per heavy atom. The van der Waals surface area contributed by atoms with Crippen LogP contribution in [0.4, 0.5) is 0 Å². The molecule has 0 radical (unpaired) electrons. The van der Waals surface area contributed by atoms with Crippen LogP contribution < -0.4 is 72.0 Å². The Labute approximate surface area is 772 Å². The zero-order valence-corrected chi connectivity index (χ0v) is 73.1. The van der Waals surface area contributed by atoms with Crippen LogP contribution in [0.2, 0.25) is 10.0 Å². The van der Waals surface area contributed by atoms with Crippen molar-refractivity contribution in [1.82, 2.24) is 42.5 Å². The summed E-state index contributed by atoms with van der Waals surface area (Å²) >= 11 is 14.7. The molecule has 3 fully saturated rings. The van der Waals surface area contributed by atoms with Crippen molar-refractivity contribution >= 4 is 76.4 Å². The summed E-state index contributed by atoms with van der Waals surface area (Å²) < 4.78 is 57.6. The molecule has 0 saturated carbocycles. The van der Waals surface area contributed by atoms with E-state index in [1.807, 2.05) is 0 Å². The Balaban J connectivity index is 1.02. The first-order valence-electron chi connectivity index (χ1n) is 43.1. The average molecular weight is 1910 g/mol. The number of aliphatic carboxylic acids is 1. The number of amides is 8. The second-order valence-electron chi connectivity index (χ2n) is 33.4. The number of para-hydroxylation sites is 1. The zero-order chi connectivity index (χ0) is 96.1. The smallest absolute Gasteiger partial charge is 0.330 e. The number of carbonyl (C=O) groups is 9. The van der Waals surface area contributed by atoms with Crippen LogP contribution in [0, 0.1) is 0 Å². The minimum atomic E-state index is -2.59. The molecule has 7 aromatic rings. The molecule has 134 heavy (non-hydrogen) atoms. The standard InChI is InChI=1S/C90H101Cl2N9O33/c1-3-4-5-6-7-8-9-10-11-15-61(110)96-69-75(115)72(112)59(34-103)131-89(69)134-80-56-28-41-29-57(80)128-54-21-18-39(27-49(54)92)78(133-88-68(94-36(2)105)74(114)71(111)58(33-102)130-88)70-86(123)100-67(87(124)125)47-31-43(107)32-55(129-90-77(117)76(116)73(113)60(35-104)132-90)62(47)46-26-38(17-19-51(46)108)64(83(120)101-70)98-85(122)66(41)99-84(121)65-40-24-42(106)30-44(25-40)126-79-45(13-12-14-52(79)109)63(93)82(119)95-50(81(118)97-65)23-37-16-20-53(127-56)48(91)22-37/h12-14,16-22,24-32,50,58-60,63-78,88-90,102-104,106-109,111-117H,3-11,15,23,33-35,93H2,1-2H3,(H,94,105)(H,95,119)(H,96,110)(H,97,118)(H,98,122)(H,99,121)(H,100,123)(H,101,120)(H,124,125). The van der Waals surface area contributed by atoms with Gasteiger partial charge in [0.05, 0.1) is 29.9 Å². The Kier molecular flexibility index (Phi) is 30.9. The fourth-order valence-electron chi connectivity index (χ4n) is 17.0. The van der Waals surface area contributed by atoms with E-state index in [-0.39, 0.29) is 28.3 Å². The minimum absolute atomic E-state index is 0.135. The molecule has 3 saturated heterocycles. The highest BCUT2D eigenvalue weighted by molar-refractivity contribution is 6.32. The molecule has 0 aliphatic carbocycles. The number of carboxylic acid groups (broad SMARTS) is 1. The maximum Gasteiger partial charge on any atom is 0.330 e. The quantitative estimate of drug-likeness (QED) is 0.0431. The molecule has 9 aliphatic rings. The van der Waals surface area contributed by atoms with Crippen LogP contribution in [0.5, 0.6) is 69.0 Å². The van der Waals surface area contributed by atoms with Gasteiger partial charge >= 0.3 is 5.97 Å². The van der Waals surface area contributed by atoms with Gasteiger partial charge in [0.1, 0.15) is 156 Å². The number of nitrogens with one attached hydrogen (secondary N) is 8. The second-order valence-corrected chi connectivity index (χ2v) is 34.2. The van der Waals surface area contributed by atoms with E-state index in [1.165, 1.54) is 36.4 Å². The summed E-state index contributed by atoms with van der Waals surface area (Å²) in [7, 11) is 0. The van der Waals surface area contributed by atoms with Gasteiger partial charge in [0.15, 0.2) is 35.3 Å². The van der Waals surface area contributed by atoms with E-state index in [2.05, 4.69) is 49.5 Å². The number of rotatable bonds is 22. The first-order chi connectivity index (χ1) is 64.0. The highest BCUT2D eigenvalue weighted by Gasteiger charge is 2.52. The molecule has 23 unspecified atom stereocenters. The summed E-state index contributed by atoms with van der Waals surface area (Å²) in [6.45, 7) is -0.0599. The van der Waals surface area contributed by atoms with Crippen molar-refractivity contribution in [2.75, 3.05) is 19.8 Å². The Bertz CT molecular complexity index is 5580. The number of halogens is 2. The molecule has 16 rings (SSSR count). The van der Waals surface area contributed by atoms with Crippen LogP contribution in [-0.2, 0) is 68.5 Å². The second kappa shape index (κ2) is 42.3. The molecule has 0 aromatic heterocycles. The number of hydrogen-bond acceptors (Lipinski definition) is 33. The lowest BCUT2D eigenvalue weighted by atomic mass is 9.89. The van der Waals surface area contributed by atoms with Crippen molar-refractivity contribution in [3.05, 3.63) is 164 Å². The van der Waals surface area contributed by atoms with Crippen molar-refractivity contribution in [3.63, 3.8) is 0 Å². The molecule has 718 valence electrons. The number of phenolic OH excluding ortho intramolecular Hbond substituents is 4. The molecule has 42 nitrogen and oxygen atoms in total. The number of hydrogen-bond donors (Lipinski definition) is 24. The number of carbonyl (C=O) groups excluding carboxylic acids is 8. The van der Waals surface area contributed by atoms with Gasteiger partial charge in [-0.3, -0.25) is 38.4 Å². The fourth-order valence-corrected chi connectivity index (χ4v) is 17.4. The maximum absolute atomic E-state index is 17.0. The molecule has 8 amide bonds. The maximum atomic E-state index is 17.0. The topological polar surface area (TPSA) is 662 Å². The van der Waals surface area contributed by atoms with Crippen LogP contribution in [-0.4, -0.2) is 254 Å². The fraction of sp³-hybridized carbons (Fsp3) is 0.433. The number of aromatic hydroxyl groups is 4. The monoisotopic (exact) mass is 1910 g/mol. The van der Waals surface area contributed by atoms with Crippen LogP contribution in [0.25, 0.3) is 11.1 Å². The van der Waals surface area contributed by atoms with Crippen LogP contribution >= 0.6 is 23.2 Å². The highest BCUT2D eigenvalue weighted by atomic mass is 35.5. The Hall–Kier alpha value is -12.1. The number of phenols is 4. The predicted molar refractivity (Wildman–Crippen MR) is 462 cm³/mol. The highest BCUT2D eigenvalue weighted by Crippen LogP contribution is 2.51. The normalized spacial score (nSPS) is 28.6. The van der Waals surface area contributed by atoms with Gasteiger partial charge in [0, 0.05) is 54.2 Å². The van der Waals surface area contributed by atoms with Crippen molar-refractivity contribution in [2.45, 2.75) is 225 Å². The number of benzene rings is 7. The summed E-state index contributed by atoms with van der Waals surface area (Å²) in [6.07, 6.45) is -21.5. The molecule has 44 heteroatoms. The summed E-state index contributed by atoms with van der Waals surface area (Å²) in [6, 6.07) is 0.738. The SMILES string of the molecule is CCCCCCCCCCCC(=O)NC1C(Oc2c3cc4cc2Oc2ccc(cc2Cl)C(OC2OC(CO)C(O)C(O)C2NC(C)=O)C2NC(=O)C(NC(=O)C4NC(=O)C4NC(=O)C(Cc5ccc(c(Cl)c5)O3)NC(=O)C(N)c3cccc(O)c3Oc3cc(O)cc4c3)c3ccc(O)c(c3)-c3c(OC4OC(CO)C(O)C(O)C4O)cc(O)cc3C(C(=O)O)NC2=O)OC(CO)C(O)C1O. The minimum Gasteiger partial charge on any atom is -0.508 e. The largest absolute Gasteiger partial charge is 0.508 e. The third-order valence-electron chi connectivity index (χ3n) is 24.0. The van der Waals surface area contributed by atoms with Gasteiger partial charge in [-0.15, -0.1) is 0 Å². The molecular weight excluding hydrogens is 1810 g/mol. The molecule has 9 aliphatic heterocycles. The van der Waals surface area contributed by atoms with Crippen molar-refractivity contribution < 1.29 is 162 Å². The lowest BCUT2D eigenvalue weighted by Gasteiger charge is -2.44. The van der Waals surface area contributed by atoms with Crippen molar-refractivity contribution in [1.29, 1.82) is 0 Å².